The van der Waals surface area contributed by atoms with E-state index in [4.69, 9.17) is 0 Å². The third-order valence-electron chi connectivity index (χ3n) is 6.92. The van der Waals surface area contributed by atoms with E-state index in [0.717, 1.165) is 11.3 Å². The van der Waals surface area contributed by atoms with Crippen LogP contribution in [0.25, 0.3) is 22.4 Å². The number of carbonyl (C=O) groups is 2. The van der Waals surface area contributed by atoms with Gasteiger partial charge >= 0.3 is 29.6 Å². The summed E-state index contributed by atoms with van der Waals surface area (Å²) in [5.74, 6) is -2.20. The van der Waals surface area contributed by atoms with Crippen molar-refractivity contribution in [2.24, 2.45) is 0 Å². The van der Waals surface area contributed by atoms with Crippen molar-refractivity contribution < 1.29 is 58.9 Å². The Morgan fingerprint density at radius 2 is 1.55 bits per heavy atom. The number of aliphatic carboxylic acids is 1. The number of carboxylic acids is 1. The fraction of sp³-hybridized carbons (Fsp3) is 0.273. The Morgan fingerprint density at radius 1 is 0.952 bits per heavy atom. The van der Waals surface area contributed by atoms with Crippen molar-refractivity contribution in [1.29, 1.82) is 0 Å². The van der Waals surface area contributed by atoms with Crippen LogP contribution in [0.15, 0.2) is 84.9 Å². The van der Waals surface area contributed by atoms with Gasteiger partial charge in [-0.1, -0.05) is 62.4 Å². The molecule has 0 aliphatic carbocycles. The van der Waals surface area contributed by atoms with Crippen LogP contribution in [0.4, 0.5) is 10.1 Å². The Labute approximate surface area is 267 Å². The summed E-state index contributed by atoms with van der Waals surface area (Å²) < 4.78 is 16.0. The van der Waals surface area contributed by atoms with Crippen molar-refractivity contribution in [3.05, 3.63) is 102 Å². The van der Waals surface area contributed by atoms with Gasteiger partial charge in [-0.05, 0) is 66.3 Å². The standard InChI is InChI=1S/C33H35FN2O5.Na/c1-21(2)31-30(33(41)35-25-11-7-4-8-12-25)29(22-9-5-3-6-10-22)32(23-13-15-24(34)16-14-23)36(31)18-17-26(37)19-27(38)20-28(39)40;/h3-16,21,26-27,37-38H,17-20H2,1-2H3,(H,35,41)(H,39,40);/q;+1/p-1/t26-,27+;/m1./s1/i27+2;. The van der Waals surface area contributed by atoms with Crippen LogP contribution in [-0.4, -0.2) is 38.9 Å². The Morgan fingerprint density at radius 3 is 2.12 bits per heavy atom. The molecule has 7 nitrogen and oxygen atoms in total. The average molecular weight is 583 g/mol. The zero-order chi connectivity index (χ0) is 29.5. The second-order valence-corrected chi connectivity index (χ2v) is 10.4. The van der Waals surface area contributed by atoms with E-state index < -0.39 is 30.4 Å². The molecule has 0 aliphatic rings. The summed E-state index contributed by atoms with van der Waals surface area (Å²) in [6.45, 7) is 4.22. The van der Waals surface area contributed by atoms with Gasteiger partial charge in [-0.25, -0.2) is 4.39 Å². The molecule has 2 atom stereocenters. The number of benzene rings is 3. The number of halogens is 1. The number of hydrogen-bond donors (Lipinski definition) is 3. The second-order valence-electron chi connectivity index (χ2n) is 10.4. The first-order chi connectivity index (χ1) is 19.7. The van der Waals surface area contributed by atoms with Crippen LogP contribution in [0.1, 0.15) is 55.1 Å². The third-order valence-corrected chi connectivity index (χ3v) is 6.92. The van der Waals surface area contributed by atoms with Crippen LogP contribution in [0.3, 0.4) is 0 Å². The van der Waals surface area contributed by atoms with Crippen LogP contribution < -0.4 is 40.0 Å². The van der Waals surface area contributed by atoms with Crippen LogP contribution in [0.5, 0.6) is 0 Å². The monoisotopic (exact) mass is 582 g/mol. The molecule has 0 fully saturated rings. The van der Waals surface area contributed by atoms with E-state index in [9.17, 15) is 29.3 Å². The number of aromatic nitrogens is 1. The molecule has 0 spiro atoms. The number of nitrogens with zero attached hydrogens (tertiary/aromatic N) is 1. The number of rotatable bonds is 12. The molecule has 4 aromatic rings. The number of aliphatic hydroxyl groups excluding tert-OH is 2. The molecule has 214 valence electrons. The Kier molecular flexibility index (Phi) is 12.1. The van der Waals surface area contributed by atoms with Crippen molar-refractivity contribution in [3.63, 3.8) is 0 Å². The quantitative estimate of drug-likeness (QED) is 0.221. The first-order valence-corrected chi connectivity index (χ1v) is 13.7. The van der Waals surface area contributed by atoms with Crippen LogP contribution in [-0.2, 0) is 11.3 Å². The van der Waals surface area contributed by atoms with Crippen molar-refractivity contribution in [2.75, 3.05) is 5.32 Å². The van der Waals surface area contributed by atoms with Gasteiger partial charge in [0.1, 0.15) is 5.82 Å². The number of carboxylic acid groups (broad SMARTS) is 1. The zero-order valence-corrected chi connectivity index (χ0v) is 26.1. The van der Waals surface area contributed by atoms with E-state index in [0.29, 0.717) is 28.1 Å². The van der Waals surface area contributed by atoms with Gasteiger partial charge in [0.2, 0.25) is 0 Å². The Bertz CT molecular complexity index is 1470. The fourth-order valence-electron chi connectivity index (χ4n) is 5.19. The van der Waals surface area contributed by atoms with E-state index in [1.807, 2.05) is 66.9 Å². The Balaban J connectivity index is 0.00000484. The molecule has 4 rings (SSSR count). The summed E-state index contributed by atoms with van der Waals surface area (Å²) >= 11 is 0. The molecule has 0 saturated carbocycles. The third kappa shape index (κ3) is 8.18. The number of aliphatic hydroxyl groups is 2. The number of anilines is 1. The summed E-state index contributed by atoms with van der Waals surface area (Å²) in [6, 6.07) is 24.7. The smallest absolute Gasteiger partial charge is 0.550 e. The maximum atomic E-state index is 14.0. The van der Waals surface area contributed by atoms with E-state index in [1.54, 1.807) is 24.3 Å². The zero-order valence-electron chi connectivity index (χ0n) is 24.1. The first kappa shape index (κ1) is 33.2. The summed E-state index contributed by atoms with van der Waals surface area (Å²) in [7, 11) is 0. The fourth-order valence-corrected chi connectivity index (χ4v) is 5.19. The van der Waals surface area contributed by atoms with E-state index in [-0.39, 0.29) is 60.8 Å². The normalized spacial score (nSPS) is 12.4. The summed E-state index contributed by atoms with van der Waals surface area (Å²) in [6.07, 6.45) is -2.77. The number of hydrogen-bond acceptors (Lipinski definition) is 5. The molecule has 0 radical (unpaired) electrons. The predicted octanol–water partition coefficient (Wildman–Crippen LogP) is 1.98. The molecule has 42 heavy (non-hydrogen) atoms. The molecule has 0 bridgehead atoms. The number of amides is 1. The molecule has 1 heterocycles. The SMILES string of the molecule is CC(C)c1c(C(=O)Nc2ccccc2)c(-c2ccccc2)c(-c2ccc(F)cc2)n1CC[C@@H](O)C[14C@H](O)CC(=O)[O-].[Na+]. The van der Waals surface area contributed by atoms with Gasteiger partial charge in [0.15, 0.2) is 0 Å². The number of para-hydroxylation sites is 1. The van der Waals surface area contributed by atoms with E-state index in [1.165, 1.54) is 12.1 Å². The minimum atomic E-state index is -1.39. The molecule has 1 aromatic heterocycles. The van der Waals surface area contributed by atoms with Crippen molar-refractivity contribution in [1.82, 2.24) is 4.57 Å². The van der Waals surface area contributed by atoms with Gasteiger partial charge in [-0.15, -0.1) is 0 Å². The van der Waals surface area contributed by atoms with E-state index >= 15 is 0 Å². The predicted molar refractivity (Wildman–Crippen MR) is 155 cm³/mol. The van der Waals surface area contributed by atoms with E-state index in [2.05, 4.69) is 5.32 Å². The number of carbonyl (C=O) groups excluding carboxylic acids is 2. The van der Waals surface area contributed by atoms with Crippen molar-refractivity contribution >= 4 is 17.6 Å². The van der Waals surface area contributed by atoms with Crippen molar-refractivity contribution in [3.8, 4) is 22.4 Å². The second kappa shape index (κ2) is 15.3. The largest absolute Gasteiger partial charge is 1.00 e. The van der Waals surface area contributed by atoms with Crippen LogP contribution >= 0.6 is 0 Å². The van der Waals surface area contributed by atoms with Gasteiger partial charge in [0.25, 0.3) is 5.91 Å². The average Bonchev–Trinajstić information content (AvgIpc) is 3.28. The van der Waals surface area contributed by atoms with Crippen molar-refractivity contribution in [2.45, 2.75) is 57.8 Å². The van der Waals surface area contributed by atoms with Gasteiger partial charge in [-0.3, -0.25) is 4.79 Å². The van der Waals surface area contributed by atoms with Gasteiger partial charge in [0, 0.05) is 35.9 Å². The van der Waals surface area contributed by atoms with Gasteiger partial charge < -0.3 is 30.0 Å². The maximum Gasteiger partial charge on any atom is 1.00 e. The molecule has 1 amide bonds. The number of nitrogens with one attached hydrogen (secondary N) is 1. The molecule has 9 heteroatoms. The minimum Gasteiger partial charge on any atom is -0.550 e. The molecule has 0 unspecified atom stereocenters. The van der Waals surface area contributed by atoms with Gasteiger partial charge in [-0.2, -0.15) is 0 Å². The van der Waals surface area contributed by atoms with Gasteiger partial charge in [0.05, 0.1) is 23.5 Å². The summed E-state index contributed by atoms with van der Waals surface area (Å²) in [5.41, 5.74) is 4.72. The molecular weight excluding hydrogens is 548 g/mol. The topological polar surface area (TPSA) is 115 Å². The van der Waals surface area contributed by atoms with Crippen LogP contribution in [0.2, 0.25) is 0 Å². The molecule has 0 saturated heterocycles. The Hall–Kier alpha value is -3.27. The summed E-state index contributed by atoms with van der Waals surface area (Å²) in [5, 5.41) is 34.6. The maximum absolute atomic E-state index is 14.0. The molecule has 3 N–H and O–H groups in total. The first-order valence-electron chi connectivity index (χ1n) is 13.7. The van der Waals surface area contributed by atoms with Crippen LogP contribution in [0, 0.1) is 5.82 Å². The minimum absolute atomic E-state index is 0. The molecule has 3 aromatic carbocycles. The molecule has 0 aliphatic heterocycles. The summed E-state index contributed by atoms with van der Waals surface area (Å²) in [4.78, 5) is 24.9. The molecular formula is C33H34FN2NaO5.